The fourth-order valence-corrected chi connectivity index (χ4v) is 1.46. The van der Waals surface area contributed by atoms with Crippen LogP contribution in [0.5, 0.6) is 0 Å². The SMILES string of the molecule is CCC(C)NC(=O)Cn1cncc(Br)c1=O. The van der Waals surface area contributed by atoms with Crippen molar-refractivity contribution >= 4 is 21.8 Å². The monoisotopic (exact) mass is 287 g/mol. The topological polar surface area (TPSA) is 64.0 Å². The van der Waals surface area contributed by atoms with Gasteiger partial charge in [0.25, 0.3) is 5.56 Å². The van der Waals surface area contributed by atoms with Gasteiger partial charge in [-0.3, -0.25) is 14.2 Å². The van der Waals surface area contributed by atoms with E-state index >= 15 is 0 Å². The Morgan fingerprint density at radius 2 is 2.38 bits per heavy atom. The molecule has 0 aliphatic heterocycles. The number of carbonyl (C=O) groups is 1. The summed E-state index contributed by atoms with van der Waals surface area (Å²) >= 11 is 3.07. The first-order valence-corrected chi connectivity index (χ1v) is 5.83. The minimum absolute atomic E-state index is 0.00435. The zero-order chi connectivity index (χ0) is 12.1. The molecular weight excluding hydrogens is 274 g/mol. The first-order chi connectivity index (χ1) is 7.54. The number of carbonyl (C=O) groups excluding carboxylic acids is 1. The summed E-state index contributed by atoms with van der Waals surface area (Å²) in [5, 5.41) is 2.78. The smallest absolute Gasteiger partial charge is 0.268 e. The van der Waals surface area contributed by atoms with Crippen LogP contribution < -0.4 is 10.9 Å². The summed E-state index contributed by atoms with van der Waals surface area (Å²) in [7, 11) is 0. The Bertz CT molecular complexity index is 430. The molecule has 6 heteroatoms. The minimum Gasteiger partial charge on any atom is -0.352 e. The average molecular weight is 288 g/mol. The van der Waals surface area contributed by atoms with Gasteiger partial charge in [0.2, 0.25) is 5.91 Å². The number of nitrogens with one attached hydrogen (secondary N) is 1. The molecule has 0 aliphatic carbocycles. The largest absolute Gasteiger partial charge is 0.352 e. The Balaban J connectivity index is 2.70. The molecule has 0 aliphatic rings. The van der Waals surface area contributed by atoms with Crippen molar-refractivity contribution in [1.82, 2.24) is 14.9 Å². The third kappa shape index (κ3) is 3.44. The van der Waals surface area contributed by atoms with Crippen LogP contribution in [0.25, 0.3) is 0 Å². The van der Waals surface area contributed by atoms with E-state index in [9.17, 15) is 9.59 Å². The zero-order valence-electron chi connectivity index (χ0n) is 9.24. The summed E-state index contributed by atoms with van der Waals surface area (Å²) in [5.74, 6) is -0.184. The Labute approximate surface area is 102 Å². The van der Waals surface area contributed by atoms with Crippen molar-refractivity contribution < 1.29 is 4.79 Å². The zero-order valence-corrected chi connectivity index (χ0v) is 10.8. The van der Waals surface area contributed by atoms with Crippen molar-refractivity contribution in [2.45, 2.75) is 32.9 Å². The lowest BCUT2D eigenvalue weighted by Crippen LogP contribution is -2.37. The Hall–Kier alpha value is -1.17. The summed E-state index contributed by atoms with van der Waals surface area (Å²) in [6.45, 7) is 3.90. The summed E-state index contributed by atoms with van der Waals surface area (Å²) in [6.07, 6.45) is 3.62. The van der Waals surface area contributed by atoms with Gasteiger partial charge in [-0.15, -0.1) is 0 Å². The van der Waals surface area contributed by atoms with Crippen molar-refractivity contribution in [3.05, 3.63) is 27.4 Å². The van der Waals surface area contributed by atoms with E-state index in [0.717, 1.165) is 6.42 Å². The number of aromatic nitrogens is 2. The summed E-state index contributed by atoms with van der Waals surface area (Å²) in [6, 6.07) is 0.114. The number of rotatable bonds is 4. The van der Waals surface area contributed by atoms with E-state index in [1.54, 1.807) is 0 Å². The molecule has 1 N–H and O–H groups in total. The van der Waals surface area contributed by atoms with Gasteiger partial charge in [-0.25, -0.2) is 4.98 Å². The van der Waals surface area contributed by atoms with Gasteiger partial charge >= 0.3 is 0 Å². The van der Waals surface area contributed by atoms with Crippen LogP contribution in [0.15, 0.2) is 21.8 Å². The fourth-order valence-electron chi connectivity index (χ4n) is 1.11. The van der Waals surface area contributed by atoms with Gasteiger partial charge in [-0.05, 0) is 29.3 Å². The second-order valence-electron chi connectivity index (χ2n) is 3.55. The summed E-state index contributed by atoms with van der Waals surface area (Å²) in [5.41, 5.74) is -0.255. The summed E-state index contributed by atoms with van der Waals surface area (Å²) in [4.78, 5) is 26.9. The highest BCUT2D eigenvalue weighted by Crippen LogP contribution is 1.98. The van der Waals surface area contributed by atoms with Crippen LogP contribution in [-0.4, -0.2) is 21.5 Å². The molecule has 0 saturated carbocycles. The lowest BCUT2D eigenvalue weighted by atomic mass is 10.2. The summed E-state index contributed by atoms with van der Waals surface area (Å²) < 4.78 is 1.62. The highest BCUT2D eigenvalue weighted by atomic mass is 79.9. The molecule has 1 aromatic heterocycles. The van der Waals surface area contributed by atoms with Gasteiger partial charge in [-0.2, -0.15) is 0 Å². The molecule has 0 bridgehead atoms. The Morgan fingerprint density at radius 1 is 1.69 bits per heavy atom. The molecule has 0 aromatic carbocycles. The maximum Gasteiger partial charge on any atom is 0.268 e. The number of hydrogen-bond acceptors (Lipinski definition) is 3. The first kappa shape index (κ1) is 12.9. The molecule has 1 aromatic rings. The maximum atomic E-state index is 11.6. The van der Waals surface area contributed by atoms with E-state index < -0.39 is 0 Å². The van der Waals surface area contributed by atoms with Gasteiger partial charge in [0.05, 0.1) is 6.33 Å². The molecule has 5 nitrogen and oxygen atoms in total. The lowest BCUT2D eigenvalue weighted by Gasteiger charge is -2.11. The molecule has 1 atom stereocenters. The van der Waals surface area contributed by atoms with E-state index in [2.05, 4.69) is 26.2 Å². The van der Waals surface area contributed by atoms with Crippen molar-refractivity contribution in [3.63, 3.8) is 0 Å². The van der Waals surface area contributed by atoms with E-state index in [1.807, 2.05) is 13.8 Å². The molecule has 0 fully saturated rings. The van der Waals surface area contributed by atoms with Crippen molar-refractivity contribution in [3.8, 4) is 0 Å². The number of halogens is 1. The van der Waals surface area contributed by atoms with E-state index in [1.165, 1.54) is 17.1 Å². The predicted molar refractivity (Wildman–Crippen MR) is 64.1 cm³/mol. The Kier molecular flexibility index (Phi) is 4.67. The van der Waals surface area contributed by atoms with Crippen LogP contribution >= 0.6 is 15.9 Å². The lowest BCUT2D eigenvalue weighted by molar-refractivity contribution is -0.122. The minimum atomic E-state index is -0.255. The van der Waals surface area contributed by atoms with Crippen molar-refractivity contribution in [2.24, 2.45) is 0 Å². The quantitative estimate of drug-likeness (QED) is 0.896. The number of hydrogen-bond donors (Lipinski definition) is 1. The molecule has 0 radical (unpaired) electrons. The molecule has 1 heterocycles. The molecule has 1 rings (SSSR count). The predicted octanol–water partition coefficient (Wildman–Crippen LogP) is 0.920. The highest BCUT2D eigenvalue weighted by Gasteiger charge is 2.08. The molecule has 0 saturated heterocycles. The van der Waals surface area contributed by atoms with Crippen LogP contribution in [0.2, 0.25) is 0 Å². The number of nitrogens with zero attached hydrogens (tertiary/aromatic N) is 2. The molecule has 0 spiro atoms. The van der Waals surface area contributed by atoms with Crippen molar-refractivity contribution in [1.29, 1.82) is 0 Å². The average Bonchev–Trinajstić information content (AvgIpc) is 2.24. The fraction of sp³-hybridized carbons (Fsp3) is 0.500. The molecular formula is C10H14BrN3O2. The normalized spacial score (nSPS) is 12.2. The molecule has 1 amide bonds. The second-order valence-corrected chi connectivity index (χ2v) is 4.41. The standard InChI is InChI=1S/C10H14BrN3O2/c1-3-7(2)13-9(15)5-14-6-12-4-8(11)10(14)16/h4,6-7H,3,5H2,1-2H3,(H,13,15). The van der Waals surface area contributed by atoms with Crippen molar-refractivity contribution in [2.75, 3.05) is 0 Å². The van der Waals surface area contributed by atoms with Gasteiger partial charge in [0.15, 0.2) is 0 Å². The van der Waals surface area contributed by atoms with Crippen LogP contribution in [0.1, 0.15) is 20.3 Å². The van der Waals surface area contributed by atoms with Crippen LogP contribution in [0.4, 0.5) is 0 Å². The Morgan fingerprint density at radius 3 is 3.00 bits per heavy atom. The van der Waals surface area contributed by atoms with E-state index in [4.69, 9.17) is 0 Å². The van der Waals surface area contributed by atoms with E-state index in [-0.39, 0.29) is 24.1 Å². The van der Waals surface area contributed by atoms with Gasteiger partial charge in [0, 0.05) is 12.2 Å². The molecule has 88 valence electrons. The van der Waals surface area contributed by atoms with Gasteiger partial charge in [0.1, 0.15) is 11.0 Å². The number of amides is 1. The van der Waals surface area contributed by atoms with Crippen LogP contribution in [0, 0.1) is 0 Å². The first-order valence-electron chi connectivity index (χ1n) is 5.04. The highest BCUT2D eigenvalue weighted by molar-refractivity contribution is 9.10. The molecule has 16 heavy (non-hydrogen) atoms. The maximum absolute atomic E-state index is 11.6. The van der Waals surface area contributed by atoms with E-state index in [0.29, 0.717) is 4.47 Å². The second kappa shape index (κ2) is 5.79. The van der Waals surface area contributed by atoms with Crippen LogP contribution in [0.3, 0.4) is 0 Å². The third-order valence-electron chi connectivity index (χ3n) is 2.19. The van der Waals surface area contributed by atoms with Gasteiger partial charge < -0.3 is 5.32 Å². The molecule has 1 unspecified atom stereocenters. The third-order valence-corrected chi connectivity index (χ3v) is 2.74. The van der Waals surface area contributed by atoms with Crippen LogP contribution in [-0.2, 0) is 11.3 Å². The van der Waals surface area contributed by atoms with Gasteiger partial charge in [-0.1, -0.05) is 6.92 Å².